The fourth-order valence-electron chi connectivity index (χ4n) is 1.37. The minimum absolute atomic E-state index is 0.0978. The maximum atomic E-state index is 11.1. The van der Waals surface area contributed by atoms with Crippen molar-refractivity contribution in [2.24, 2.45) is 0 Å². The minimum atomic E-state index is -2.68. The zero-order chi connectivity index (χ0) is 11.6. The molecule has 15 heavy (non-hydrogen) atoms. The standard InChI is InChI=1S/C8H10O7/c9-4-1-2-15-5(6(10)11)8(14,3-4)7(12)13/h5,14H,1-3H2,(H,10,11)(H,12,13). The number of rotatable bonds is 2. The Morgan fingerprint density at radius 1 is 1.40 bits per heavy atom. The van der Waals surface area contributed by atoms with E-state index in [0.29, 0.717) is 0 Å². The zero-order valence-electron chi connectivity index (χ0n) is 7.67. The quantitative estimate of drug-likeness (QED) is 0.523. The van der Waals surface area contributed by atoms with E-state index in [-0.39, 0.29) is 13.0 Å². The first-order valence-corrected chi connectivity index (χ1v) is 4.20. The average molecular weight is 218 g/mol. The van der Waals surface area contributed by atoms with Gasteiger partial charge in [-0.1, -0.05) is 0 Å². The molecule has 1 aliphatic rings. The SMILES string of the molecule is O=C1CCOC(C(=O)O)C(O)(C(=O)O)C1. The molecule has 0 bridgehead atoms. The zero-order valence-corrected chi connectivity index (χ0v) is 7.67. The van der Waals surface area contributed by atoms with Crippen LogP contribution in [0.25, 0.3) is 0 Å². The van der Waals surface area contributed by atoms with Crippen LogP contribution in [0.15, 0.2) is 0 Å². The lowest BCUT2D eigenvalue weighted by Crippen LogP contribution is -2.54. The highest BCUT2D eigenvalue weighted by Gasteiger charge is 2.52. The van der Waals surface area contributed by atoms with E-state index < -0.39 is 35.8 Å². The van der Waals surface area contributed by atoms with Crippen LogP contribution in [-0.4, -0.2) is 51.4 Å². The van der Waals surface area contributed by atoms with E-state index >= 15 is 0 Å². The number of ketones is 1. The van der Waals surface area contributed by atoms with Crippen LogP contribution in [0.4, 0.5) is 0 Å². The Morgan fingerprint density at radius 2 is 2.00 bits per heavy atom. The van der Waals surface area contributed by atoms with Crippen LogP contribution in [0.5, 0.6) is 0 Å². The van der Waals surface area contributed by atoms with Crippen molar-refractivity contribution >= 4 is 17.7 Å². The van der Waals surface area contributed by atoms with Crippen molar-refractivity contribution in [3.63, 3.8) is 0 Å². The summed E-state index contributed by atoms with van der Waals surface area (Å²) in [7, 11) is 0. The first-order valence-electron chi connectivity index (χ1n) is 4.20. The lowest BCUT2D eigenvalue weighted by Gasteiger charge is -2.26. The Morgan fingerprint density at radius 3 is 2.47 bits per heavy atom. The van der Waals surface area contributed by atoms with Gasteiger partial charge in [-0.2, -0.15) is 0 Å². The molecule has 1 rings (SSSR count). The van der Waals surface area contributed by atoms with Crippen LogP contribution in [0.2, 0.25) is 0 Å². The van der Waals surface area contributed by atoms with Crippen molar-refractivity contribution in [1.29, 1.82) is 0 Å². The fourth-order valence-corrected chi connectivity index (χ4v) is 1.37. The summed E-state index contributed by atoms with van der Waals surface area (Å²) in [6.45, 7) is -0.203. The molecule has 0 radical (unpaired) electrons. The second-order valence-corrected chi connectivity index (χ2v) is 3.28. The molecule has 0 saturated carbocycles. The van der Waals surface area contributed by atoms with Gasteiger partial charge >= 0.3 is 11.9 Å². The Labute approximate surface area is 84.3 Å². The predicted molar refractivity (Wildman–Crippen MR) is 44.2 cm³/mol. The molecule has 0 aromatic heterocycles. The number of aliphatic carboxylic acids is 2. The van der Waals surface area contributed by atoms with Crippen molar-refractivity contribution in [2.45, 2.75) is 24.5 Å². The van der Waals surface area contributed by atoms with E-state index in [2.05, 4.69) is 4.74 Å². The lowest BCUT2D eigenvalue weighted by atomic mass is 9.91. The number of hydrogen-bond donors (Lipinski definition) is 3. The molecule has 1 aliphatic heterocycles. The van der Waals surface area contributed by atoms with E-state index in [4.69, 9.17) is 10.2 Å². The molecule has 3 N–H and O–H groups in total. The number of ether oxygens (including phenoxy) is 1. The van der Waals surface area contributed by atoms with Crippen LogP contribution < -0.4 is 0 Å². The third-order valence-corrected chi connectivity index (χ3v) is 2.16. The van der Waals surface area contributed by atoms with E-state index in [1.54, 1.807) is 0 Å². The highest BCUT2D eigenvalue weighted by atomic mass is 16.5. The van der Waals surface area contributed by atoms with Gasteiger partial charge in [0.2, 0.25) is 5.60 Å². The normalized spacial score (nSPS) is 32.1. The van der Waals surface area contributed by atoms with E-state index in [0.717, 1.165) is 0 Å². The van der Waals surface area contributed by atoms with Crippen molar-refractivity contribution in [3.05, 3.63) is 0 Å². The summed E-state index contributed by atoms with van der Waals surface area (Å²) in [5.41, 5.74) is -2.68. The summed E-state index contributed by atoms with van der Waals surface area (Å²) >= 11 is 0. The smallest absolute Gasteiger partial charge is 0.339 e. The molecule has 1 fully saturated rings. The van der Waals surface area contributed by atoms with E-state index in [9.17, 15) is 19.5 Å². The summed E-state index contributed by atoms with van der Waals surface area (Å²) in [6.07, 6.45) is -2.76. The first-order chi connectivity index (χ1) is 6.88. The summed E-state index contributed by atoms with van der Waals surface area (Å²) in [4.78, 5) is 32.5. The molecule has 0 spiro atoms. The summed E-state index contributed by atoms with van der Waals surface area (Å²) < 4.78 is 4.66. The van der Waals surface area contributed by atoms with Gasteiger partial charge in [0.15, 0.2) is 6.10 Å². The topological polar surface area (TPSA) is 121 Å². The van der Waals surface area contributed by atoms with Gasteiger partial charge in [0.05, 0.1) is 6.61 Å². The Kier molecular flexibility index (Phi) is 3.06. The first kappa shape index (κ1) is 11.6. The second-order valence-electron chi connectivity index (χ2n) is 3.28. The number of Topliss-reactive ketones (excluding diaryl/α,β-unsaturated/α-hetero) is 1. The number of aliphatic hydroxyl groups is 1. The van der Waals surface area contributed by atoms with Gasteiger partial charge in [-0.05, 0) is 0 Å². The third-order valence-electron chi connectivity index (χ3n) is 2.16. The van der Waals surface area contributed by atoms with Gasteiger partial charge in [0.25, 0.3) is 0 Å². The number of hydrogen-bond acceptors (Lipinski definition) is 5. The maximum Gasteiger partial charge on any atom is 0.339 e. The van der Waals surface area contributed by atoms with Crippen molar-refractivity contribution < 1.29 is 34.4 Å². The van der Waals surface area contributed by atoms with Crippen LogP contribution >= 0.6 is 0 Å². The van der Waals surface area contributed by atoms with Gasteiger partial charge < -0.3 is 20.1 Å². The molecular formula is C8H10O7. The highest BCUT2D eigenvalue weighted by molar-refractivity contribution is 5.93. The van der Waals surface area contributed by atoms with Crippen molar-refractivity contribution in [3.8, 4) is 0 Å². The number of carboxylic acids is 2. The minimum Gasteiger partial charge on any atom is -0.479 e. The Hall–Kier alpha value is -1.47. The monoisotopic (exact) mass is 218 g/mol. The molecule has 1 heterocycles. The van der Waals surface area contributed by atoms with E-state index in [1.807, 2.05) is 0 Å². The van der Waals surface area contributed by atoms with Crippen LogP contribution in [0.1, 0.15) is 12.8 Å². The van der Waals surface area contributed by atoms with Gasteiger partial charge in [-0.25, -0.2) is 9.59 Å². The van der Waals surface area contributed by atoms with Gasteiger partial charge in [-0.3, -0.25) is 4.79 Å². The van der Waals surface area contributed by atoms with Gasteiger partial charge in [-0.15, -0.1) is 0 Å². The molecule has 1 saturated heterocycles. The second kappa shape index (κ2) is 3.95. The molecule has 0 aliphatic carbocycles. The van der Waals surface area contributed by atoms with Crippen molar-refractivity contribution in [1.82, 2.24) is 0 Å². The maximum absolute atomic E-state index is 11.1. The molecule has 84 valence electrons. The molecule has 2 unspecified atom stereocenters. The molecule has 2 atom stereocenters. The Balaban J connectivity index is 3.06. The summed E-state index contributed by atoms with van der Waals surface area (Å²) in [5.74, 6) is -3.91. The molecular weight excluding hydrogens is 208 g/mol. The van der Waals surface area contributed by atoms with E-state index in [1.165, 1.54) is 0 Å². The molecule has 0 amide bonds. The van der Waals surface area contributed by atoms with Crippen LogP contribution in [-0.2, 0) is 19.1 Å². The number of carboxylic acid groups (broad SMARTS) is 2. The molecule has 0 aromatic carbocycles. The lowest BCUT2D eigenvalue weighted by molar-refractivity contribution is -0.188. The fraction of sp³-hybridized carbons (Fsp3) is 0.625. The number of carbonyl (C=O) groups is 3. The molecule has 7 heteroatoms. The highest BCUT2D eigenvalue weighted by Crippen LogP contribution is 2.24. The number of carbonyl (C=O) groups excluding carboxylic acids is 1. The van der Waals surface area contributed by atoms with Crippen LogP contribution in [0, 0.1) is 0 Å². The third kappa shape index (κ3) is 2.13. The van der Waals surface area contributed by atoms with Crippen molar-refractivity contribution in [2.75, 3.05) is 6.61 Å². The Bertz CT molecular complexity index is 310. The van der Waals surface area contributed by atoms with Gasteiger partial charge in [0, 0.05) is 12.8 Å². The predicted octanol–water partition coefficient (Wildman–Crippen LogP) is -1.37. The largest absolute Gasteiger partial charge is 0.479 e. The summed E-state index contributed by atoms with van der Waals surface area (Å²) in [5, 5.41) is 27.0. The van der Waals surface area contributed by atoms with Crippen LogP contribution in [0.3, 0.4) is 0 Å². The summed E-state index contributed by atoms with van der Waals surface area (Å²) in [6, 6.07) is 0. The molecule has 7 nitrogen and oxygen atoms in total. The molecule has 0 aromatic rings. The van der Waals surface area contributed by atoms with Gasteiger partial charge in [0.1, 0.15) is 5.78 Å². The average Bonchev–Trinajstić information content (AvgIpc) is 2.24.